The van der Waals surface area contributed by atoms with Gasteiger partial charge in [-0.2, -0.15) is 0 Å². The van der Waals surface area contributed by atoms with Crippen molar-refractivity contribution in [3.8, 4) is 11.3 Å². The van der Waals surface area contributed by atoms with E-state index in [4.69, 9.17) is 16.6 Å². The number of aromatic amines is 1. The number of rotatable bonds is 3. The minimum atomic E-state index is 0.333. The zero-order valence-corrected chi connectivity index (χ0v) is 16.8. The highest BCUT2D eigenvalue weighted by Crippen LogP contribution is 2.35. The largest absolute Gasteiger partial charge is 0.363 e. The van der Waals surface area contributed by atoms with Crippen molar-refractivity contribution in [1.82, 2.24) is 24.7 Å². The lowest BCUT2D eigenvalue weighted by Gasteiger charge is -2.24. The third-order valence-electron chi connectivity index (χ3n) is 5.02. The Kier molecular flexibility index (Phi) is 4.30. The number of piperidine rings is 1. The van der Waals surface area contributed by atoms with Gasteiger partial charge in [0, 0.05) is 52.1 Å². The van der Waals surface area contributed by atoms with E-state index in [0.717, 1.165) is 64.0 Å². The van der Waals surface area contributed by atoms with Crippen LogP contribution in [-0.2, 0) is 0 Å². The van der Waals surface area contributed by atoms with Crippen LogP contribution >= 0.6 is 27.5 Å². The molecule has 0 aliphatic carbocycles. The lowest BCUT2D eigenvalue weighted by atomic mass is 10.1. The molecule has 1 saturated heterocycles. The van der Waals surface area contributed by atoms with Gasteiger partial charge in [-0.1, -0.05) is 33.6 Å². The smallest absolute Gasteiger partial charge is 0.181 e. The molecule has 4 aromatic rings. The fraction of sp³-hybridized carbons (Fsp3) is 0.263. The molecule has 6 nitrogen and oxygen atoms in total. The van der Waals surface area contributed by atoms with E-state index < -0.39 is 0 Å². The zero-order valence-electron chi connectivity index (χ0n) is 14.5. The summed E-state index contributed by atoms with van der Waals surface area (Å²) >= 11 is 10.2. The average molecular weight is 446 g/mol. The maximum absolute atomic E-state index is 6.72. The first-order valence-corrected chi connectivity index (χ1v) is 10.1. The molecule has 5 rings (SSSR count). The number of aromatic nitrogens is 4. The molecule has 0 unspecified atom stereocenters. The molecule has 1 aromatic carbocycles. The van der Waals surface area contributed by atoms with Gasteiger partial charge in [-0.15, -0.1) is 0 Å². The minimum Gasteiger partial charge on any atom is -0.363 e. The summed E-state index contributed by atoms with van der Waals surface area (Å²) in [6.07, 6.45) is 7.85. The highest BCUT2D eigenvalue weighted by Gasteiger charge is 2.20. The Bertz CT molecular complexity index is 1130. The van der Waals surface area contributed by atoms with Crippen LogP contribution in [0.3, 0.4) is 0 Å². The van der Waals surface area contributed by atoms with E-state index in [1.165, 1.54) is 0 Å². The van der Waals surface area contributed by atoms with Crippen molar-refractivity contribution in [1.29, 1.82) is 0 Å². The molecule has 3 aromatic heterocycles. The first kappa shape index (κ1) is 17.0. The van der Waals surface area contributed by atoms with E-state index in [2.05, 4.69) is 48.7 Å². The van der Waals surface area contributed by atoms with Gasteiger partial charge in [-0.3, -0.25) is 4.40 Å². The van der Waals surface area contributed by atoms with Gasteiger partial charge in [-0.05, 0) is 31.5 Å². The summed E-state index contributed by atoms with van der Waals surface area (Å²) in [6.45, 7) is 1.99. The molecule has 1 aliphatic rings. The summed E-state index contributed by atoms with van der Waals surface area (Å²) in [6, 6.07) is 6.48. The van der Waals surface area contributed by atoms with Crippen LogP contribution in [0, 0.1) is 0 Å². The van der Waals surface area contributed by atoms with Gasteiger partial charge in [-0.25, -0.2) is 9.97 Å². The highest BCUT2D eigenvalue weighted by atomic mass is 79.9. The van der Waals surface area contributed by atoms with Crippen molar-refractivity contribution in [3.63, 3.8) is 0 Å². The molecule has 1 aliphatic heterocycles. The molecular weight excluding hydrogens is 428 g/mol. The molecule has 0 saturated carbocycles. The first-order valence-electron chi connectivity index (χ1n) is 8.97. The molecule has 3 N–H and O–H groups in total. The number of benzene rings is 1. The number of halogens is 2. The van der Waals surface area contributed by atoms with Crippen LogP contribution in [0.5, 0.6) is 0 Å². The second-order valence-corrected chi connectivity index (χ2v) is 8.07. The second-order valence-electron chi connectivity index (χ2n) is 6.80. The van der Waals surface area contributed by atoms with Crippen LogP contribution in [0.1, 0.15) is 12.8 Å². The summed E-state index contributed by atoms with van der Waals surface area (Å²) in [5, 5.41) is 8.63. The first-order chi connectivity index (χ1) is 13.2. The zero-order chi connectivity index (χ0) is 18.4. The predicted octanol–water partition coefficient (Wildman–Crippen LogP) is 4.46. The molecule has 0 bridgehead atoms. The Morgan fingerprint density at radius 1 is 1.33 bits per heavy atom. The topological polar surface area (TPSA) is 70.0 Å². The number of nitrogens with zero attached hydrogens (tertiary/aromatic N) is 3. The second kappa shape index (κ2) is 6.82. The average Bonchev–Trinajstić information content (AvgIpc) is 3.32. The number of H-pyrrole nitrogens is 1. The van der Waals surface area contributed by atoms with Gasteiger partial charge in [0.2, 0.25) is 0 Å². The number of imidazole rings is 1. The summed E-state index contributed by atoms with van der Waals surface area (Å²) in [4.78, 5) is 12.7. The summed E-state index contributed by atoms with van der Waals surface area (Å²) < 4.78 is 2.92. The van der Waals surface area contributed by atoms with Crippen molar-refractivity contribution < 1.29 is 0 Å². The molecule has 138 valence electrons. The van der Waals surface area contributed by atoms with Gasteiger partial charge >= 0.3 is 0 Å². The van der Waals surface area contributed by atoms with E-state index in [0.29, 0.717) is 11.2 Å². The Morgan fingerprint density at radius 2 is 2.26 bits per heavy atom. The van der Waals surface area contributed by atoms with E-state index in [1.807, 2.05) is 22.9 Å². The predicted molar refractivity (Wildman–Crippen MR) is 113 cm³/mol. The van der Waals surface area contributed by atoms with Gasteiger partial charge < -0.3 is 15.6 Å². The van der Waals surface area contributed by atoms with E-state index >= 15 is 0 Å². The van der Waals surface area contributed by atoms with Gasteiger partial charge in [0.05, 0.1) is 0 Å². The van der Waals surface area contributed by atoms with Crippen LogP contribution in [0.2, 0.25) is 5.15 Å². The number of fused-ring (bicyclic) bond motifs is 2. The van der Waals surface area contributed by atoms with Crippen LogP contribution in [0.25, 0.3) is 27.8 Å². The Labute approximate surface area is 169 Å². The molecular formula is C19H18BrClN6. The molecule has 27 heavy (non-hydrogen) atoms. The number of nitrogens with one attached hydrogen (secondary N) is 3. The minimum absolute atomic E-state index is 0.333. The van der Waals surface area contributed by atoms with Gasteiger partial charge in [0.15, 0.2) is 11.5 Å². The fourth-order valence-electron chi connectivity index (χ4n) is 3.69. The monoisotopic (exact) mass is 444 g/mol. The van der Waals surface area contributed by atoms with E-state index in [9.17, 15) is 0 Å². The van der Waals surface area contributed by atoms with E-state index in [1.54, 1.807) is 6.20 Å². The lowest BCUT2D eigenvalue weighted by Crippen LogP contribution is -2.38. The quantitative estimate of drug-likeness (QED) is 0.435. The number of anilines is 1. The van der Waals surface area contributed by atoms with Crippen LogP contribution in [-0.4, -0.2) is 38.5 Å². The fourth-order valence-corrected chi connectivity index (χ4v) is 4.33. The Hall–Kier alpha value is -2.09. The van der Waals surface area contributed by atoms with Crippen LogP contribution in [0.4, 0.5) is 5.82 Å². The molecule has 0 radical (unpaired) electrons. The summed E-state index contributed by atoms with van der Waals surface area (Å²) in [7, 11) is 0. The number of hydrogen-bond donors (Lipinski definition) is 3. The maximum Gasteiger partial charge on any atom is 0.181 e. The van der Waals surface area contributed by atoms with Crippen LogP contribution in [0.15, 0.2) is 41.3 Å². The van der Waals surface area contributed by atoms with Crippen molar-refractivity contribution >= 4 is 49.9 Å². The Balaban J connectivity index is 1.66. The molecule has 1 fully saturated rings. The molecule has 4 heterocycles. The van der Waals surface area contributed by atoms with Crippen molar-refractivity contribution in [3.05, 3.63) is 46.4 Å². The van der Waals surface area contributed by atoms with Crippen LogP contribution < -0.4 is 10.6 Å². The number of hydrogen-bond acceptors (Lipinski definition) is 4. The molecule has 0 amide bonds. The third kappa shape index (κ3) is 2.99. The van der Waals surface area contributed by atoms with Gasteiger partial charge in [0.1, 0.15) is 10.8 Å². The molecule has 8 heteroatoms. The summed E-state index contributed by atoms with van der Waals surface area (Å²) in [5.41, 5.74) is 3.50. The normalized spacial score (nSPS) is 17.6. The lowest BCUT2D eigenvalue weighted by molar-refractivity contribution is 0.479. The van der Waals surface area contributed by atoms with Gasteiger partial charge in [0.25, 0.3) is 0 Å². The molecule has 0 spiro atoms. The highest BCUT2D eigenvalue weighted by molar-refractivity contribution is 9.10. The maximum atomic E-state index is 6.72. The molecule has 1 atom stereocenters. The standard InChI is InChI=1S/C19H18BrClN6/c20-11-3-4-13-14(10-24-15(13)8-11)16-17(21)27-7-6-23-19(27)18(26-16)25-12-2-1-5-22-9-12/h3-4,6-8,10,12,22,24H,1-2,5,9H2,(H,25,26)/t12-/m0/s1. The third-order valence-corrected chi connectivity index (χ3v) is 5.87. The summed E-state index contributed by atoms with van der Waals surface area (Å²) in [5.74, 6) is 0.763. The van der Waals surface area contributed by atoms with Crippen molar-refractivity contribution in [2.75, 3.05) is 18.4 Å². The van der Waals surface area contributed by atoms with Crippen molar-refractivity contribution in [2.24, 2.45) is 0 Å². The van der Waals surface area contributed by atoms with Crippen molar-refractivity contribution in [2.45, 2.75) is 18.9 Å². The Morgan fingerprint density at radius 3 is 3.11 bits per heavy atom. The SMILES string of the molecule is Clc1c(-c2c[nH]c3cc(Br)ccc23)nc(N[C@H]2CCCNC2)c2nccn12. The van der Waals surface area contributed by atoms with E-state index in [-0.39, 0.29) is 0 Å².